The first-order chi connectivity index (χ1) is 6.49. The van der Waals surface area contributed by atoms with Crippen LogP contribution in [0.2, 0.25) is 0 Å². The van der Waals surface area contributed by atoms with Gasteiger partial charge in [-0.1, -0.05) is 0 Å². The molecule has 1 rings (SSSR count). The highest BCUT2D eigenvalue weighted by molar-refractivity contribution is 6.03. The van der Waals surface area contributed by atoms with E-state index in [4.69, 9.17) is 10.8 Å². The molecule has 1 heterocycles. The molecule has 0 aliphatic rings. The van der Waals surface area contributed by atoms with E-state index in [2.05, 4.69) is 4.98 Å². The van der Waals surface area contributed by atoms with Gasteiger partial charge in [0.2, 0.25) is 0 Å². The Morgan fingerprint density at radius 2 is 2.00 bits per heavy atom. The van der Waals surface area contributed by atoms with Crippen molar-refractivity contribution >= 4 is 11.8 Å². The zero-order valence-corrected chi connectivity index (χ0v) is 8.05. The van der Waals surface area contributed by atoms with E-state index in [-0.39, 0.29) is 18.0 Å². The Morgan fingerprint density at radius 3 is 2.36 bits per heavy atom. The number of carbonyl (C=O) groups is 2. The number of aromatic nitrogens is 1. The van der Waals surface area contributed by atoms with Crippen LogP contribution in [0.1, 0.15) is 32.1 Å². The first kappa shape index (κ1) is 10.5. The Bertz CT molecular complexity index is 393. The molecular weight excluding hydrogens is 184 g/mol. The van der Waals surface area contributed by atoms with E-state index >= 15 is 0 Å². The molecule has 14 heavy (non-hydrogen) atoms. The van der Waals surface area contributed by atoms with Crippen LogP contribution >= 0.6 is 0 Å². The van der Waals surface area contributed by atoms with Gasteiger partial charge >= 0.3 is 5.97 Å². The largest absolute Gasteiger partial charge is 0.477 e. The second kappa shape index (κ2) is 3.63. The number of nitrogens with one attached hydrogen (secondary N) is 1. The molecule has 0 saturated carbocycles. The number of carboxylic acids is 1. The summed E-state index contributed by atoms with van der Waals surface area (Å²) in [4.78, 5) is 24.7. The first-order valence-electron chi connectivity index (χ1n) is 4.14. The Hall–Kier alpha value is -1.62. The number of hydrogen-bond donors (Lipinski definition) is 3. The number of Topliss-reactive ketones (excluding diaryl/α,β-unsaturated/α-hetero) is 1. The lowest BCUT2D eigenvalue weighted by Gasteiger charge is -1.97. The third-order valence-electron chi connectivity index (χ3n) is 2.12. The second-order valence-electron chi connectivity index (χ2n) is 3.06. The smallest absolute Gasteiger partial charge is 0.352 e. The van der Waals surface area contributed by atoms with E-state index in [9.17, 15) is 9.59 Å². The van der Waals surface area contributed by atoms with Crippen LogP contribution < -0.4 is 5.73 Å². The predicted molar refractivity (Wildman–Crippen MR) is 50.6 cm³/mol. The average Bonchev–Trinajstić information content (AvgIpc) is 2.41. The van der Waals surface area contributed by atoms with Gasteiger partial charge in [0.05, 0.1) is 6.54 Å². The number of nitrogens with two attached hydrogens (primary N) is 1. The van der Waals surface area contributed by atoms with Gasteiger partial charge in [-0.15, -0.1) is 0 Å². The number of aromatic amines is 1. The van der Waals surface area contributed by atoms with Crippen molar-refractivity contribution in [2.75, 3.05) is 6.54 Å². The predicted octanol–water partition coefficient (Wildman–Crippen LogP) is 0.471. The van der Waals surface area contributed by atoms with E-state index in [1.165, 1.54) is 0 Å². The molecule has 0 radical (unpaired) electrons. The lowest BCUT2D eigenvalue weighted by Crippen LogP contribution is -2.15. The minimum absolute atomic E-state index is 0.0549. The molecule has 0 aromatic carbocycles. The highest BCUT2D eigenvalue weighted by Gasteiger charge is 2.20. The van der Waals surface area contributed by atoms with Crippen LogP contribution in [0.25, 0.3) is 0 Å². The van der Waals surface area contributed by atoms with Gasteiger partial charge in [0.15, 0.2) is 5.78 Å². The minimum atomic E-state index is -1.07. The van der Waals surface area contributed by atoms with E-state index in [0.29, 0.717) is 16.8 Å². The molecule has 0 saturated heterocycles. The summed E-state index contributed by atoms with van der Waals surface area (Å²) in [6.07, 6.45) is 0. The molecule has 1 aromatic heterocycles. The maximum atomic E-state index is 11.4. The molecule has 0 aliphatic carbocycles. The van der Waals surface area contributed by atoms with Gasteiger partial charge in [0.25, 0.3) is 0 Å². The summed E-state index contributed by atoms with van der Waals surface area (Å²) in [5.41, 5.74) is 6.67. The van der Waals surface area contributed by atoms with Crippen molar-refractivity contribution < 1.29 is 14.7 Å². The molecule has 0 aliphatic heterocycles. The third kappa shape index (κ3) is 1.54. The van der Waals surface area contributed by atoms with Gasteiger partial charge < -0.3 is 15.8 Å². The third-order valence-corrected chi connectivity index (χ3v) is 2.12. The van der Waals surface area contributed by atoms with Crippen LogP contribution in [0, 0.1) is 13.8 Å². The summed E-state index contributed by atoms with van der Waals surface area (Å²) in [7, 11) is 0. The Kier molecular flexibility index (Phi) is 2.71. The molecule has 1 aromatic rings. The molecule has 0 amide bonds. The molecule has 76 valence electrons. The Labute approximate surface area is 80.9 Å². The van der Waals surface area contributed by atoms with Crippen LogP contribution in [0.3, 0.4) is 0 Å². The normalized spacial score (nSPS) is 10.2. The first-order valence-corrected chi connectivity index (χ1v) is 4.14. The van der Waals surface area contributed by atoms with Crippen LogP contribution in [-0.2, 0) is 0 Å². The molecule has 0 bridgehead atoms. The number of H-pyrrole nitrogens is 1. The SMILES string of the molecule is Cc1[nH]c(C(=O)O)c(C)c1C(=O)CN. The summed E-state index contributed by atoms with van der Waals surface area (Å²) in [5.74, 6) is -1.31. The van der Waals surface area contributed by atoms with Crippen molar-refractivity contribution in [2.45, 2.75) is 13.8 Å². The number of rotatable bonds is 3. The van der Waals surface area contributed by atoms with Gasteiger partial charge in [-0.05, 0) is 19.4 Å². The molecule has 0 unspecified atom stereocenters. The molecule has 4 N–H and O–H groups in total. The van der Waals surface area contributed by atoms with Gasteiger partial charge in [-0.3, -0.25) is 4.79 Å². The summed E-state index contributed by atoms with van der Waals surface area (Å²) >= 11 is 0. The lowest BCUT2D eigenvalue weighted by molar-refractivity contribution is 0.0690. The van der Waals surface area contributed by atoms with Crippen molar-refractivity contribution in [1.82, 2.24) is 4.98 Å². The van der Waals surface area contributed by atoms with Crippen LogP contribution in [-0.4, -0.2) is 28.4 Å². The van der Waals surface area contributed by atoms with Gasteiger partial charge in [0.1, 0.15) is 5.69 Å². The van der Waals surface area contributed by atoms with Gasteiger partial charge in [0, 0.05) is 11.3 Å². The molecular formula is C9H12N2O3. The number of carbonyl (C=O) groups excluding carboxylic acids is 1. The highest BCUT2D eigenvalue weighted by Crippen LogP contribution is 2.17. The maximum absolute atomic E-state index is 11.4. The zero-order chi connectivity index (χ0) is 10.9. The summed E-state index contributed by atoms with van der Waals surface area (Å²) in [6.45, 7) is 3.14. The Balaban J connectivity index is 3.31. The topological polar surface area (TPSA) is 96.2 Å². The quantitative estimate of drug-likeness (QED) is 0.612. The van der Waals surface area contributed by atoms with Crippen molar-refractivity contribution in [3.05, 3.63) is 22.5 Å². The van der Waals surface area contributed by atoms with Crippen molar-refractivity contribution in [2.24, 2.45) is 5.73 Å². The second-order valence-corrected chi connectivity index (χ2v) is 3.06. The Morgan fingerprint density at radius 1 is 1.43 bits per heavy atom. The number of ketones is 1. The average molecular weight is 196 g/mol. The lowest BCUT2D eigenvalue weighted by atomic mass is 10.1. The molecule has 0 spiro atoms. The maximum Gasteiger partial charge on any atom is 0.352 e. The number of aromatic carboxylic acids is 1. The molecule has 0 atom stereocenters. The summed E-state index contributed by atoms with van der Waals surface area (Å²) in [5, 5.41) is 8.78. The molecule has 5 nitrogen and oxygen atoms in total. The standard InChI is InChI=1S/C9H12N2O3/c1-4-7(6(12)3-10)5(2)11-8(4)9(13)14/h11H,3,10H2,1-2H3,(H,13,14). The van der Waals surface area contributed by atoms with Crippen molar-refractivity contribution in [3.63, 3.8) is 0 Å². The van der Waals surface area contributed by atoms with Gasteiger partial charge in [-0.25, -0.2) is 4.79 Å². The minimum Gasteiger partial charge on any atom is -0.477 e. The van der Waals surface area contributed by atoms with Crippen molar-refractivity contribution in [1.29, 1.82) is 0 Å². The highest BCUT2D eigenvalue weighted by atomic mass is 16.4. The molecule has 5 heteroatoms. The fourth-order valence-electron chi connectivity index (χ4n) is 1.48. The van der Waals surface area contributed by atoms with E-state index in [1.807, 2.05) is 0 Å². The zero-order valence-electron chi connectivity index (χ0n) is 8.05. The number of carboxylic acid groups (broad SMARTS) is 1. The molecule has 0 fully saturated rings. The van der Waals surface area contributed by atoms with E-state index < -0.39 is 5.97 Å². The van der Waals surface area contributed by atoms with E-state index in [0.717, 1.165) is 0 Å². The fourth-order valence-corrected chi connectivity index (χ4v) is 1.48. The summed E-state index contributed by atoms with van der Waals surface area (Å²) < 4.78 is 0. The van der Waals surface area contributed by atoms with Crippen LogP contribution in [0.15, 0.2) is 0 Å². The monoisotopic (exact) mass is 196 g/mol. The number of aryl methyl sites for hydroxylation is 1. The van der Waals surface area contributed by atoms with Gasteiger partial charge in [-0.2, -0.15) is 0 Å². The fraction of sp³-hybridized carbons (Fsp3) is 0.333. The van der Waals surface area contributed by atoms with E-state index in [1.54, 1.807) is 13.8 Å². The van der Waals surface area contributed by atoms with Crippen LogP contribution in [0.4, 0.5) is 0 Å². The summed E-state index contributed by atoms with van der Waals surface area (Å²) in [6, 6.07) is 0. The van der Waals surface area contributed by atoms with Crippen molar-refractivity contribution in [3.8, 4) is 0 Å². The number of hydrogen-bond acceptors (Lipinski definition) is 3. The van der Waals surface area contributed by atoms with Crippen LogP contribution in [0.5, 0.6) is 0 Å².